The summed E-state index contributed by atoms with van der Waals surface area (Å²) in [7, 11) is -3.10. The first-order valence-corrected chi connectivity index (χ1v) is 23.3. The van der Waals surface area contributed by atoms with Crippen molar-refractivity contribution in [1.82, 2.24) is 14.5 Å². The van der Waals surface area contributed by atoms with Gasteiger partial charge in [0.1, 0.15) is 6.73 Å². The van der Waals surface area contributed by atoms with Gasteiger partial charge in [0.05, 0.1) is 39.7 Å². The van der Waals surface area contributed by atoms with Gasteiger partial charge in [-0.25, -0.2) is 0 Å². The number of aromatic nitrogens is 3. The van der Waals surface area contributed by atoms with Crippen LogP contribution in [0.5, 0.6) is 0 Å². The van der Waals surface area contributed by atoms with Crippen LogP contribution in [0.1, 0.15) is 47.1 Å². The fraction of sp³-hybridized carbons (Fsp3) is 0.333. The lowest BCUT2D eigenvalue weighted by Crippen LogP contribution is -2.45. The van der Waals surface area contributed by atoms with Gasteiger partial charge >= 0.3 is 0 Å². The second-order valence-electron chi connectivity index (χ2n) is 13.4. The quantitative estimate of drug-likeness (QED) is 0.108. The first-order chi connectivity index (χ1) is 23.4. The summed E-state index contributed by atoms with van der Waals surface area (Å²) >= 11 is 0. The fourth-order valence-electron chi connectivity index (χ4n) is 7.92. The van der Waals surface area contributed by atoms with Gasteiger partial charge in [0.25, 0.3) is 0 Å². The molecule has 0 aliphatic carbocycles. The van der Waals surface area contributed by atoms with E-state index in [9.17, 15) is 0 Å². The molecule has 3 heterocycles. The third kappa shape index (κ3) is 6.34. The van der Waals surface area contributed by atoms with Crippen LogP contribution in [-0.2, 0) is 18.1 Å². The molecule has 0 radical (unpaired) electrons. The summed E-state index contributed by atoms with van der Waals surface area (Å²) in [5, 5.41) is 6.94. The van der Waals surface area contributed by atoms with Gasteiger partial charge in [0.2, 0.25) is 0 Å². The van der Waals surface area contributed by atoms with Gasteiger partial charge in [-0.1, -0.05) is 145 Å². The van der Waals surface area contributed by atoms with E-state index in [0.29, 0.717) is 13.3 Å². The van der Waals surface area contributed by atoms with E-state index in [0.717, 1.165) is 17.0 Å². The summed E-state index contributed by atoms with van der Waals surface area (Å²) in [5.74, 6) is 0. The van der Waals surface area contributed by atoms with Crippen LogP contribution in [0.25, 0.3) is 44.2 Å². The molecule has 0 spiro atoms. The molecule has 0 atom stereocenters. The molecular weight excluding hydrogens is 619 g/mol. The van der Waals surface area contributed by atoms with E-state index in [1.54, 1.807) is 5.19 Å². The van der Waals surface area contributed by atoms with Crippen LogP contribution in [0.3, 0.4) is 0 Å². The summed E-state index contributed by atoms with van der Waals surface area (Å²) in [6, 6.07) is 38.3. The largest absolute Gasteiger partial charge is 0.356 e. The van der Waals surface area contributed by atoms with Crippen LogP contribution in [0.4, 0.5) is 0 Å². The molecule has 0 N–H and O–H groups in total. The number of rotatable bonds is 14. The highest BCUT2D eigenvalue weighted by Gasteiger charge is 2.33. The molecule has 4 nitrogen and oxygen atoms in total. The van der Waals surface area contributed by atoms with Crippen molar-refractivity contribution in [1.29, 1.82) is 0 Å². The molecule has 0 amide bonds. The summed E-state index contributed by atoms with van der Waals surface area (Å²) in [6.45, 7) is 15.3. The minimum atomic E-state index is -1.65. The number of hydrogen-bond acceptors (Lipinski definition) is 3. The molecule has 0 fully saturated rings. The predicted molar refractivity (Wildman–Crippen MR) is 211 cm³/mol. The number of ether oxygens (including phenoxy) is 1. The first-order valence-electron chi connectivity index (χ1n) is 18.1. The molecule has 6 aromatic rings. The topological polar surface area (TPSA) is 39.9 Å². The van der Waals surface area contributed by atoms with Gasteiger partial charge < -0.3 is 9.30 Å². The Morgan fingerprint density at radius 3 is 1.83 bits per heavy atom. The van der Waals surface area contributed by atoms with Crippen molar-refractivity contribution in [2.75, 3.05) is 0 Å². The Morgan fingerprint density at radius 1 is 0.604 bits per heavy atom. The number of nitrogens with zero attached hydrogens (tertiary/aromatic N) is 3. The highest BCUT2D eigenvalue weighted by molar-refractivity contribution is 6.93. The third-order valence-corrected chi connectivity index (χ3v) is 22.7. The number of fused-ring (bicyclic) bond motifs is 3. The second kappa shape index (κ2) is 14.7. The molecule has 0 bridgehead atoms. The molecular formula is C42H51N3OSi2. The zero-order chi connectivity index (χ0) is 33.7. The molecule has 48 heavy (non-hydrogen) atoms. The summed E-state index contributed by atoms with van der Waals surface area (Å²) in [6.07, 6.45) is 6.57. The minimum Gasteiger partial charge on any atom is -0.356 e. The maximum absolute atomic E-state index is 6.37. The second-order valence-corrected chi connectivity index (χ2v) is 23.9. The summed E-state index contributed by atoms with van der Waals surface area (Å²) < 4.78 is 8.75. The van der Waals surface area contributed by atoms with Gasteiger partial charge in [-0.15, -0.1) is 0 Å². The van der Waals surface area contributed by atoms with E-state index >= 15 is 0 Å². The van der Waals surface area contributed by atoms with Gasteiger partial charge in [-0.3, -0.25) is 9.97 Å². The maximum atomic E-state index is 6.37. The van der Waals surface area contributed by atoms with Crippen molar-refractivity contribution >= 4 is 48.2 Å². The normalized spacial score (nSPS) is 12.3. The third-order valence-electron chi connectivity index (χ3n) is 11.6. The Morgan fingerprint density at radius 2 is 1.23 bits per heavy atom. The zero-order valence-corrected chi connectivity index (χ0v) is 31.7. The van der Waals surface area contributed by atoms with E-state index in [1.165, 1.54) is 74.3 Å². The van der Waals surface area contributed by atoms with Crippen molar-refractivity contribution in [2.45, 2.75) is 91.1 Å². The highest BCUT2D eigenvalue weighted by atomic mass is 28.3. The SMILES string of the molecule is CC[Si](CC)(CC)c1ccc(-c2ccc(-c3ccc4ccc5c([Si](CC)(CC)CC)cn(COCc6ccccc6)c5c4c3)cn2)nc1. The number of hydrogen-bond donors (Lipinski definition) is 0. The Bertz CT molecular complexity index is 1940. The van der Waals surface area contributed by atoms with E-state index < -0.39 is 16.1 Å². The van der Waals surface area contributed by atoms with Crippen LogP contribution < -0.4 is 10.4 Å². The molecule has 0 unspecified atom stereocenters. The van der Waals surface area contributed by atoms with Gasteiger partial charge in [0.15, 0.2) is 0 Å². The van der Waals surface area contributed by atoms with Crippen molar-refractivity contribution in [3.63, 3.8) is 0 Å². The van der Waals surface area contributed by atoms with E-state index in [-0.39, 0.29) is 0 Å². The van der Waals surface area contributed by atoms with Crippen LogP contribution >= 0.6 is 0 Å². The molecule has 3 aromatic heterocycles. The number of pyridine rings is 2. The van der Waals surface area contributed by atoms with Crippen LogP contribution in [0.2, 0.25) is 36.3 Å². The molecule has 3 aromatic carbocycles. The number of benzene rings is 3. The van der Waals surface area contributed by atoms with E-state index in [1.807, 2.05) is 6.20 Å². The lowest BCUT2D eigenvalue weighted by Gasteiger charge is -2.28. The smallest absolute Gasteiger partial charge is 0.123 e. The van der Waals surface area contributed by atoms with Crippen LogP contribution in [0, 0.1) is 0 Å². The van der Waals surface area contributed by atoms with Gasteiger partial charge in [-0.2, -0.15) is 0 Å². The standard InChI is InChI=1S/C42H51N3OSi2/c1-7-47(8-2,9-3)36-22-25-40(44-28-36)39-24-21-35(27-43-39)34-19-18-33-20-23-37-41(48(10-4,11-5)12-6)29-45(42(37)38(33)26-34)31-46-30-32-16-14-13-15-17-32/h13-29H,7-12,30-31H2,1-6H3. The van der Waals surface area contributed by atoms with Crippen molar-refractivity contribution in [3.8, 4) is 22.5 Å². The molecule has 248 valence electrons. The fourth-order valence-corrected chi connectivity index (χ4v) is 15.3. The van der Waals surface area contributed by atoms with Crippen LogP contribution in [0.15, 0.2) is 104 Å². The lowest BCUT2D eigenvalue weighted by molar-refractivity contribution is 0.0670. The average molecular weight is 670 g/mol. The van der Waals surface area contributed by atoms with Crippen molar-refractivity contribution in [2.24, 2.45) is 0 Å². The van der Waals surface area contributed by atoms with Crippen LogP contribution in [-0.4, -0.2) is 30.7 Å². The van der Waals surface area contributed by atoms with Crippen molar-refractivity contribution in [3.05, 3.63) is 109 Å². The average Bonchev–Trinajstić information content (AvgIpc) is 3.53. The lowest BCUT2D eigenvalue weighted by atomic mass is 10.0. The van der Waals surface area contributed by atoms with E-state index in [2.05, 4.69) is 143 Å². The molecule has 0 saturated heterocycles. The van der Waals surface area contributed by atoms with E-state index in [4.69, 9.17) is 14.7 Å². The Labute approximate surface area is 289 Å². The molecule has 0 aliphatic rings. The summed E-state index contributed by atoms with van der Waals surface area (Å²) in [5.41, 5.74) is 6.62. The maximum Gasteiger partial charge on any atom is 0.123 e. The Kier molecular flexibility index (Phi) is 10.4. The predicted octanol–water partition coefficient (Wildman–Crippen LogP) is 10.5. The monoisotopic (exact) mass is 669 g/mol. The Hall–Kier alpha value is -3.85. The zero-order valence-electron chi connectivity index (χ0n) is 29.7. The molecule has 0 aliphatic heterocycles. The molecule has 0 saturated carbocycles. The minimum absolute atomic E-state index is 0.525. The Balaban J connectivity index is 1.37. The molecule has 6 heteroatoms. The first kappa shape index (κ1) is 34.0. The van der Waals surface area contributed by atoms with Gasteiger partial charge in [0, 0.05) is 29.5 Å². The summed E-state index contributed by atoms with van der Waals surface area (Å²) in [4.78, 5) is 9.80. The molecule has 6 rings (SSSR count). The highest BCUT2D eigenvalue weighted by Crippen LogP contribution is 2.34. The van der Waals surface area contributed by atoms with Crippen molar-refractivity contribution < 1.29 is 4.74 Å². The van der Waals surface area contributed by atoms with Gasteiger partial charge in [-0.05, 0) is 50.5 Å².